The zero-order valence-electron chi connectivity index (χ0n) is 15.1. The summed E-state index contributed by atoms with van der Waals surface area (Å²) >= 11 is 1.43. The van der Waals surface area contributed by atoms with Crippen molar-refractivity contribution in [2.24, 2.45) is 0 Å². The molecule has 0 aliphatic heterocycles. The number of carbonyl (C=O) groups is 1. The highest BCUT2D eigenvalue weighted by Gasteiger charge is 2.08. The van der Waals surface area contributed by atoms with Gasteiger partial charge in [0.2, 0.25) is 5.91 Å². The quantitative estimate of drug-likeness (QED) is 0.639. The Bertz CT molecular complexity index is 880. The predicted octanol–water partition coefficient (Wildman–Crippen LogP) is 3.81. The van der Waals surface area contributed by atoms with Crippen molar-refractivity contribution in [3.05, 3.63) is 65.2 Å². The van der Waals surface area contributed by atoms with Crippen LogP contribution in [0.15, 0.2) is 54.0 Å². The van der Waals surface area contributed by atoms with Crippen LogP contribution in [0.25, 0.3) is 0 Å². The van der Waals surface area contributed by atoms with Gasteiger partial charge in [0.05, 0.1) is 20.6 Å². The van der Waals surface area contributed by atoms with Crippen LogP contribution < -0.4 is 19.5 Å². The van der Waals surface area contributed by atoms with Crippen molar-refractivity contribution < 1.29 is 19.0 Å². The molecule has 0 saturated carbocycles. The summed E-state index contributed by atoms with van der Waals surface area (Å²) < 4.78 is 16.1. The second-order valence-electron chi connectivity index (χ2n) is 5.69. The summed E-state index contributed by atoms with van der Waals surface area (Å²) in [5.74, 6) is 1.90. The standard InChI is InChI=1S/C20H20N2O4S/c1-24-17-8-5-15(11-18(17)25-2)12-19(23)22-13-14-3-6-16(7-4-14)26-20-21-9-10-27-20/h3-11H,12-13H2,1-2H3,(H,22,23). The molecule has 6 nitrogen and oxygen atoms in total. The van der Waals surface area contributed by atoms with Crippen LogP contribution in [0.1, 0.15) is 11.1 Å². The Morgan fingerprint density at radius 1 is 1.04 bits per heavy atom. The molecule has 140 valence electrons. The molecule has 1 aromatic heterocycles. The summed E-state index contributed by atoms with van der Waals surface area (Å²) in [5.41, 5.74) is 1.85. The van der Waals surface area contributed by atoms with Crippen molar-refractivity contribution in [2.45, 2.75) is 13.0 Å². The van der Waals surface area contributed by atoms with Crippen LogP contribution in [0.5, 0.6) is 22.4 Å². The highest BCUT2D eigenvalue weighted by Crippen LogP contribution is 2.27. The van der Waals surface area contributed by atoms with Crippen molar-refractivity contribution in [1.82, 2.24) is 10.3 Å². The van der Waals surface area contributed by atoms with E-state index in [0.717, 1.165) is 11.1 Å². The fraction of sp³-hybridized carbons (Fsp3) is 0.200. The highest BCUT2D eigenvalue weighted by molar-refractivity contribution is 7.11. The molecular weight excluding hydrogens is 364 g/mol. The number of ether oxygens (including phenoxy) is 3. The van der Waals surface area contributed by atoms with Crippen LogP contribution in [-0.4, -0.2) is 25.1 Å². The van der Waals surface area contributed by atoms with Crippen molar-refractivity contribution in [2.75, 3.05) is 14.2 Å². The monoisotopic (exact) mass is 384 g/mol. The van der Waals surface area contributed by atoms with Gasteiger partial charge >= 0.3 is 0 Å². The zero-order valence-corrected chi connectivity index (χ0v) is 15.9. The molecule has 0 bridgehead atoms. The molecule has 3 rings (SSSR count). The predicted molar refractivity (Wildman–Crippen MR) is 104 cm³/mol. The SMILES string of the molecule is COc1ccc(CC(=O)NCc2ccc(Oc3nccs3)cc2)cc1OC. The van der Waals surface area contributed by atoms with E-state index in [2.05, 4.69) is 10.3 Å². The van der Waals surface area contributed by atoms with Crippen molar-refractivity contribution in [3.8, 4) is 22.4 Å². The third-order valence-electron chi connectivity index (χ3n) is 3.84. The topological polar surface area (TPSA) is 69.7 Å². The molecule has 1 heterocycles. The Balaban J connectivity index is 1.51. The minimum absolute atomic E-state index is 0.0645. The van der Waals surface area contributed by atoms with Gasteiger partial charge in [0.15, 0.2) is 11.5 Å². The van der Waals surface area contributed by atoms with Crippen LogP contribution in [0, 0.1) is 0 Å². The van der Waals surface area contributed by atoms with Gasteiger partial charge in [0, 0.05) is 18.1 Å². The zero-order chi connectivity index (χ0) is 19.1. The van der Waals surface area contributed by atoms with Gasteiger partial charge in [-0.1, -0.05) is 29.5 Å². The molecule has 3 aromatic rings. The number of carbonyl (C=O) groups excluding carboxylic acids is 1. The molecule has 0 radical (unpaired) electrons. The molecule has 0 aliphatic carbocycles. The van der Waals surface area contributed by atoms with E-state index in [1.54, 1.807) is 26.5 Å². The van der Waals surface area contributed by atoms with E-state index in [1.165, 1.54) is 11.3 Å². The maximum atomic E-state index is 12.2. The van der Waals surface area contributed by atoms with E-state index in [-0.39, 0.29) is 12.3 Å². The summed E-state index contributed by atoms with van der Waals surface area (Å²) in [6, 6.07) is 13.0. The maximum Gasteiger partial charge on any atom is 0.278 e. The van der Waals surface area contributed by atoms with Gasteiger partial charge in [-0.05, 0) is 35.4 Å². The number of nitrogens with one attached hydrogen (secondary N) is 1. The van der Waals surface area contributed by atoms with E-state index in [9.17, 15) is 4.79 Å². The molecule has 0 fully saturated rings. The number of amides is 1. The number of thiazole rings is 1. The molecule has 2 aromatic carbocycles. The smallest absolute Gasteiger partial charge is 0.278 e. The molecule has 0 saturated heterocycles. The average Bonchev–Trinajstić information content (AvgIpc) is 3.20. The van der Waals surface area contributed by atoms with Gasteiger partial charge in [-0.3, -0.25) is 4.79 Å². The van der Waals surface area contributed by atoms with E-state index < -0.39 is 0 Å². The van der Waals surface area contributed by atoms with Crippen molar-refractivity contribution in [1.29, 1.82) is 0 Å². The Hall–Kier alpha value is -3.06. The van der Waals surface area contributed by atoms with Crippen LogP contribution in [0.2, 0.25) is 0 Å². The third kappa shape index (κ3) is 5.21. The van der Waals surface area contributed by atoms with Crippen LogP contribution in [-0.2, 0) is 17.8 Å². The van der Waals surface area contributed by atoms with E-state index in [0.29, 0.717) is 29.0 Å². The fourth-order valence-electron chi connectivity index (χ4n) is 2.48. The lowest BCUT2D eigenvalue weighted by Crippen LogP contribution is -2.24. The Kier molecular flexibility index (Phi) is 6.27. The number of benzene rings is 2. The van der Waals surface area contributed by atoms with E-state index in [1.807, 2.05) is 41.8 Å². The summed E-state index contributed by atoms with van der Waals surface area (Å²) in [6.07, 6.45) is 1.97. The van der Waals surface area contributed by atoms with Crippen molar-refractivity contribution in [3.63, 3.8) is 0 Å². The van der Waals surface area contributed by atoms with Gasteiger partial charge < -0.3 is 19.5 Å². The first-order valence-electron chi connectivity index (χ1n) is 8.32. The second kappa shape index (κ2) is 9.05. The summed E-state index contributed by atoms with van der Waals surface area (Å²) in [4.78, 5) is 16.3. The van der Waals surface area contributed by atoms with Gasteiger partial charge in [-0.2, -0.15) is 0 Å². The molecule has 27 heavy (non-hydrogen) atoms. The maximum absolute atomic E-state index is 12.2. The summed E-state index contributed by atoms with van der Waals surface area (Å²) in [5, 5.41) is 5.38. The first kappa shape index (κ1) is 18.7. The molecule has 0 spiro atoms. The number of hydrogen-bond donors (Lipinski definition) is 1. The van der Waals surface area contributed by atoms with Gasteiger partial charge in [0.1, 0.15) is 5.75 Å². The number of rotatable bonds is 8. The lowest BCUT2D eigenvalue weighted by molar-refractivity contribution is -0.120. The molecule has 0 unspecified atom stereocenters. The number of hydrogen-bond acceptors (Lipinski definition) is 6. The van der Waals surface area contributed by atoms with Crippen LogP contribution >= 0.6 is 11.3 Å². The van der Waals surface area contributed by atoms with Crippen LogP contribution in [0.3, 0.4) is 0 Å². The molecule has 1 amide bonds. The lowest BCUT2D eigenvalue weighted by atomic mass is 10.1. The Labute approximate surface area is 161 Å². The summed E-state index contributed by atoms with van der Waals surface area (Å²) in [6.45, 7) is 0.448. The number of methoxy groups -OCH3 is 2. The molecule has 0 atom stereocenters. The molecular formula is C20H20N2O4S. The second-order valence-corrected chi connectivity index (χ2v) is 6.54. The van der Waals surface area contributed by atoms with E-state index >= 15 is 0 Å². The lowest BCUT2D eigenvalue weighted by Gasteiger charge is -2.10. The van der Waals surface area contributed by atoms with Crippen LogP contribution in [0.4, 0.5) is 0 Å². The van der Waals surface area contributed by atoms with Gasteiger partial charge in [-0.25, -0.2) is 4.98 Å². The average molecular weight is 384 g/mol. The molecule has 7 heteroatoms. The highest BCUT2D eigenvalue weighted by atomic mass is 32.1. The van der Waals surface area contributed by atoms with E-state index in [4.69, 9.17) is 14.2 Å². The van der Waals surface area contributed by atoms with Gasteiger partial charge in [-0.15, -0.1) is 0 Å². The summed E-state index contributed by atoms with van der Waals surface area (Å²) in [7, 11) is 3.15. The number of nitrogens with zero attached hydrogens (tertiary/aromatic N) is 1. The Morgan fingerprint density at radius 2 is 1.78 bits per heavy atom. The first-order valence-corrected chi connectivity index (χ1v) is 9.20. The first-order chi connectivity index (χ1) is 13.2. The van der Waals surface area contributed by atoms with Gasteiger partial charge in [0.25, 0.3) is 5.19 Å². The number of aromatic nitrogens is 1. The molecule has 1 N–H and O–H groups in total. The Morgan fingerprint density at radius 3 is 2.44 bits per heavy atom. The minimum Gasteiger partial charge on any atom is -0.493 e. The fourth-order valence-corrected chi connectivity index (χ4v) is 2.98. The normalized spacial score (nSPS) is 10.3. The minimum atomic E-state index is -0.0645. The third-order valence-corrected chi connectivity index (χ3v) is 4.49. The van der Waals surface area contributed by atoms with Crippen molar-refractivity contribution >= 4 is 17.2 Å². The largest absolute Gasteiger partial charge is 0.493 e. The molecule has 0 aliphatic rings.